The number of aryl methyl sites for hydroxylation is 2. The summed E-state index contributed by atoms with van der Waals surface area (Å²) >= 11 is 0. The number of rotatable bonds is 9. The Bertz CT molecular complexity index is 1060. The smallest absolute Gasteiger partial charge is 0.295 e. The molecule has 1 aliphatic rings. The number of aliphatic hydroxyl groups is 1. The van der Waals surface area contributed by atoms with Crippen LogP contribution in [0.3, 0.4) is 0 Å². The highest BCUT2D eigenvalue weighted by atomic mass is 16.5. The van der Waals surface area contributed by atoms with Gasteiger partial charge in [-0.25, -0.2) is 0 Å². The fourth-order valence-electron chi connectivity index (χ4n) is 4.15. The van der Waals surface area contributed by atoms with Crippen molar-refractivity contribution in [2.75, 3.05) is 19.8 Å². The molecule has 1 amide bonds. The number of carbonyl (C=O) groups is 2. The molecule has 176 valence electrons. The van der Waals surface area contributed by atoms with E-state index in [4.69, 9.17) is 9.47 Å². The predicted molar refractivity (Wildman–Crippen MR) is 128 cm³/mol. The summed E-state index contributed by atoms with van der Waals surface area (Å²) in [6, 6.07) is 12.2. The molecule has 3 rings (SSSR count). The van der Waals surface area contributed by atoms with Crippen molar-refractivity contribution in [3.8, 4) is 5.75 Å². The van der Waals surface area contributed by atoms with Gasteiger partial charge in [0.2, 0.25) is 0 Å². The van der Waals surface area contributed by atoms with Crippen LogP contribution in [0.1, 0.15) is 55.5 Å². The highest BCUT2D eigenvalue weighted by Gasteiger charge is 2.46. The standard InChI is InChI=1S/C27H33NO5/c1-6-32-22-13-12-20(16-19(22)5)25(29)23-24(21-11-8-7-10-18(21)4)28(27(31)26(23)30)14-9-15-33-17(2)3/h7-8,10-13,16-17,24,29H,6,9,14-15H2,1-5H3/b25-23+. The third-order valence-corrected chi connectivity index (χ3v) is 5.77. The van der Waals surface area contributed by atoms with Gasteiger partial charge in [0, 0.05) is 18.7 Å². The second-order valence-corrected chi connectivity index (χ2v) is 8.54. The van der Waals surface area contributed by atoms with Crippen molar-refractivity contribution >= 4 is 17.4 Å². The molecule has 1 fully saturated rings. The van der Waals surface area contributed by atoms with Crippen molar-refractivity contribution in [1.82, 2.24) is 4.90 Å². The summed E-state index contributed by atoms with van der Waals surface area (Å²) in [6.45, 7) is 11.0. The molecule has 1 N–H and O–H groups in total. The van der Waals surface area contributed by atoms with Gasteiger partial charge in [-0.2, -0.15) is 0 Å². The third kappa shape index (κ3) is 5.28. The normalized spacial score (nSPS) is 17.8. The quantitative estimate of drug-likeness (QED) is 0.253. The molecular formula is C27H33NO5. The number of benzene rings is 2. The Morgan fingerprint density at radius 3 is 2.45 bits per heavy atom. The molecule has 2 aromatic carbocycles. The van der Waals surface area contributed by atoms with E-state index in [1.807, 2.05) is 58.9 Å². The van der Waals surface area contributed by atoms with Gasteiger partial charge in [-0.1, -0.05) is 24.3 Å². The second kappa shape index (κ2) is 10.7. The lowest BCUT2D eigenvalue weighted by Gasteiger charge is -2.26. The van der Waals surface area contributed by atoms with Gasteiger partial charge in [0.15, 0.2) is 0 Å². The summed E-state index contributed by atoms with van der Waals surface area (Å²) in [6.07, 6.45) is 0.686. The van der Waals surface area contributed by atoms with Crippen molar-refractivity contribution in [3.63, 3.8) is 0 Å². The Morgan fingerprint density at radius 2 is 1.82 bits per heavy atom. The van der Waals surface area contributed by atoms with Crippen LogP contribution in [0.2, 0.25) is 0 Å². The van der Waals surface area contributed by atoms with E-state index in [0.29, 0.717) is 31.7 Å². The molecule has 1 atom stereocenters. The van der Waals surface area contributed by atoms with E-state index >= 15 is 0 Å². The van der Waals surface area contributed by atoms with Crippen LogP contribution >= 0.6 is 0 Å². The molecule has 6 heteroatoms. The largest absolute Gasteiger partial charge is 0.507 e. The predicted octanol–water partition coefficient (Wildman–Crippen LogP) is 4.94. The molecular weight excluding hydrogens is 418 g/mol. The third-order valence-electron chi connectivity index (χ3n) is 5.77. The number of nitrogens with zero attached hydrogens (tertiary/aromatic N) is 1. The van der Waals surface area contributed by atoms with Crippen molar-refractivity contribution in [2.45, 2.75) is 53.2 Å². The van der Waals surface area contributed by atoms with Crippen LogP contribution in [0.25, 0.3) is 5.76 Å². The number of amides is 1. The highest BCUT2D eigenvalue weighted by molar-refractivity contribution is 6.46. The Hall–Kier alpha value is -3.12. The van der Waals surface area contributed by atoms with Crippen molar-refractivity contribution < 1.29 is 24.2 Å². The molecule has 2 aromatic rings. The van der Waals surface area contributed by atoms with E-state index in [0.717, 1.165) is 22.4 Å². The average Bonchev–Trinajstić information content (AvgIpc) is 3.02. The fourth-order valence-corrected chi connectivity index (χ4v) is 4.15. The van der Waals surface area contributed by atoms with Crippen molar-refractivity contribution in [3.05, 3.63) is 70.3 Å². The van der Waals surface area contributed by atoms with Crippen LogP contribution in [0, 0.1) is 13.8 Å². The van der Waals surface area contributed by atoms with E-state index < -0.39 is 17.7 Å². The van der Waals surface area contributed by atoms with Crippen molar-refractivity contribution in [1.29, 1.82) is 0 Å². The van der Waals surface area contributed by atoms with E-state index in [9.17, 15) is 14.7 Å². The maximum atomic E-state index is 13.2. The SMILES string of the molecule is CCOc1ccc(/C(O)=C2\C(=O)C(=O)N(CCCOC(C)C)C2c2ccccc2C)cc1C. The van der Waals surface area contributed by atoms with Gasteiger partial charge in [-0.05, 0) is 75.9 Å². The minimum atomic E-state index is -0.669. The average molecular weight is 452 g/mol. The lowest BCUT2D eigenvalue weighted by atomic mass is 9.92. The summed E-state index contributed by atoms with van der Waals surface area (Å²) in [5.74, 6) is -0.724. The van der Waals surface area contributed by atoms with Gasteiger partial charge in [0.1, 0.15) is 11.5 Å². The van der Waals surface area contributed by atoms with Crippen LogP contribution in [0.15, 0.2) is 48.0 Å². The first-order chi connectivity index (χ1) is 15.8. The summed E-state index contributed by atoms with van der Waals surface area (Å²) in [4.78, 5) is 27.8. The Labute approximate surface area is 195 Å². The molecule has 0 saturated carbocycles. The number of carbonyl (C=O) groups excluding carboxylic acids is 2. The first-order valence-electron chi connectivity index (χ1n) is 11.5. The Balaban J connectivity index is 2.06. The van der Waals surface area contributed by atoms with Crippen LogP contribution in [0.5, 0.6) is 5.75 Å². The zero-order chi connectivity index (χ0) is 24.1. The monoisotopic (exact) mass is 451 g/mol. The number of ketones is 1. The molecule has 1 saturated heterocycles. The summed E-state index contributed by atoms with van der Waals surface area (Å²) < 4.78 is 11.2. The van der Waals surface area contributed by atoms with Crippen LogP contribution in [-0.2, 0) is 14.3 Å². The lowest BCUT2D eigenvalue weighted by molar-refractivity contribution is -0.140. The minimum Gasteiger partial charge on any atom is -0.507 e. The Morgan fingerprint density at radius 1 is 1.09 bits per heavy atom. The number of Topliss-reactive ketones (excluding diaryl/α,β-unsaturated/α-hetero) is 1. The van der Waals surface area contributed by atoms with Crippen LogP contribution in [-0.4, -0.2) is 47.6 Å². The van der Waals surface area contributed by atoms with Gasteiger partial charge in [0.05, 0.1) is 24.3 Å². The van der Waals surface area contributed by atoms with Gasteiger partial charge >= 0.3 is 0 Å². The van der Waals surface area contributed by atoms with Gasteiger partial charge in [-0.3, -0.25) is 9.59 Å². The Kier molecular flexibility index (Phi) is 7.92. The number of aliphatic hydroxyl groups excluding tert-OH is 1. The fraction of sp³-hybridized carbons (Fsp3) is 0.407. The molecule has 0 spiro atoms. The van der Waals surface area contributed by atoms with Crippen molar-refractivity contribution in [2.24, 2.45) is 0 Å². The van der Waals surface area contributed by atoms with Gasteiger partial charge in [0.25, 0.3) is 11.7 Å². The van der Waals surface area contributed by atoms with E-state index in [1.54, 1.807) is 23.1 Å². The van der Waals surface area contributed by atoms with E-state index in [1.165, 1.54) is 0 Å². The topological polar surface area (TPSA) is 76.1 Å². The molecule has 33 heavy (non-hydrogen) atoms. The zero-order valence-corrected chi connectivity index (χ0v) is 20.1. The van der Waals surface area contributed by atoms with E-state index in [-0.39, 0.29) is 17.4 Å². The van der Waals surface area contributed by atoms with Gasteiger partial charge < -0.3 is 19.5 Å². The highest BCUT2D eigenvalue weighted by Crippen LogP contribution is 2.41. The van der Waals surface area contributed by atoms with Gasteiger partial charge in [-0.15, -0.1) is 0 Å². The number of hydrogen-bond acceptors (Lipinski definition) is 5. The summed E-state index contributed by atoms with van der Waals surface area (Å²) in [7, 11) is 0. The number of ether oxygens (including phenoxy) is 2. The first kappa shape index (κ1) is 24.5. The molecule has 1 heterocycles. The molecule has 0 aromatic heterocycles. The maximum absolute atomic E-state index is 13.2. The lowest BCUT2D eigenvalue weighted by Crippen LogP contribution is -2.31. The molecule has 1 aliphatic heterocycles. The second-order valence-electron chi connectivity index (χ2n) is 8.54. The molecule has 1 unspecified atom stereocenters. The molecule has 6 nitrogen and oxygen atoms in total. The molecule has 0 aliphatic carbocycles. The molecule has 0 radical (unpaired) electrons. The van der Waals surface area contributed by atoms with E-state index in [2.05, 4.69) is 0 Å². The summed E-state index contributed by atoms with van der Waals surface area (Å²) in [5, 5.41) is 11.3. The van der Waals surface area contributed by atoms with Crippen LogP contribution < -0.4 is 4.74 Å². The number of hydrogen-bond donors (Lipinski definition) is 1. The number of likely N-dealkylation sites (tertiary alicyclic amines) is 1. The van der Waals surface area contributed by atoms with Crippen LogP contribution in [0.4, 0.5) is 0 Å². The minimum absolute atomic E-state index is 0.0930. The summed E-state index contributed by atoms with van der Waals surface area (Å²) in [5.41, 5.74) is 3.21. The molecule has 0 bridgehead atoms. The maximum Gasteiger partial charge on any atom is 0.295 e. The first-order valence-corrected chi connectivity index (χ1v) is 11.5. The zero-order valence-electron chi connectivity index (χ0n) is 20.1.